The summed E-state index contributed by atoms with van der Waals surface area (Å²) in [5.41, 5.74) is 2.19. The van der Waals surface area contributed by atoms with E-state index in [-0.39, 0.29) is 11.9 Å². The lowest BCUT2D eigenvalue weighted by atomic mass is 10.2. The molecule has 0 spiro atoms. The van der Waals surface area contributed by atoms with Crippen molar-refractivity contribution in [2.75, 3.05) is 13.1 Å². The summed E-state index contributed by atoms with van der Waals surface area (Å²) >= 11 is 1.44. The summed E-state index contributed by atoms with van der Waals surface area (Å²) in [6.07, 6.45) is 1.01. The van der Waals surface area contributed by atoms with E-state index in [4.69, 9.17) is 0 Å². The van der Waals surface area contributed by atoms with Gasteiger partial charge < -0.3 is 10.6 Å². The Morgan fingerprint density at radius 2 is 2.69 bits per heavy atom. The molecule has 1 aromatic rings. The standard InChI is InChI=1S/C8H11N3OS/c12-8(7-4-13-5-10-7)11-6-1-2-9-3-6/h4-6,9H,1-3H2,(H,11,12)/t6-/m0/s1. The van der Waals surface area contributed by atoms with Gasteiger partial charge in [-0.05, 0) is 13.0 Å². The number of nitrogens with one attached hydrogen (secondary N) is 2. The molecule has 1 amide bonds. The maximum Gasteiger partial charge on any atom is 0.271 e. The van der Waals surface area contributed by atoms with Gasteiger partial charge in [0.15, 0.2) is 0 Å². The third-order valence-corrected chi connectivity index (χ3v) is 2.65. The van der Waals surface area contributed by atoms with Crippen LogP contribution < -0.4 is 10.6 Å². The van der Waals surface area contributed by atoms with Gasteiger partial charge in [-0.2, -0.15) is 0 Å². The van der Waals surface area contributed by atoms with Gasteiger partial charge in [-0.25, -0.2) is 4.98 Å². The van der Waals surface area contributed by atoms with Crippen LogP contribution in [0, 0.1) is 0 Å². The molecule has 0 unspecified atom stereocenters. The number of hydrogen-bond acceptors (Lipinski definition) is 4. The summed E-state index contributed by atoms with van der Waals surface area (Å²) in [5, 5.41) is 7.88. The van der Waals surface area contributed by atoms with E-state index in [1.54, 1.807) is 10.9 Å². The van der Waals surface area contributed by atoms with Crippen LogP contribution in [0.15, 0.2) is 10.9 Å². The van der Waals surface area contributed by atoms with Crippen LogP contribution in [0.25, 0.3) is 0 Å². The number of rotatable bonds is 2. The molecule has 1 aliphatic heterocycles. The van der Waals surface area contributed by atoms with Crippen molar-refractivity contribution in [3.05, 3.63) is 16.6 Å². The molecule has 1 saturated heterocycles. The first kappa shape index (κ1) is 8.65. The zero-order chi connectivity index (χ0) is 9.10. The number of aromatic nitrogens is 1. The highest BCUT2D eigenvalue weighted by molar-refractivity contribution is 7.07. The molecule has 1 aromatic heterocycles. The third-order valence-electron chi connectivity index (χ3n) is 2.06. The summed E-state index contributed by atoms with van der Waals surface area (Å²) in [6, 6.07) is 0.272. The first-order valence-electron chi connectivity index (χ1n) is 4.26. The maximum absolute atomic E-state index is 11.5. The first-order chi connectivity index (χ1) is 6.36. The predicted octanol–water partition coefficient (Wildman–Crippen LogP) is 0.235. The number of hydrogen-bond donors (Lipinski definition) is 2. The Hall–Kier alpha value is -0.940. The zero-order valence-electron chi connectivity index (χ0n) is 7.12. The molecule has 2 N–H and O–H groups in total. The number of carbonyl (C=O) groups excluding carboxylic acids is 1. The van der Waals surface area contributed by atoms with E-state index in [2.05, 4.69) is 15.6 Å². The molecule has 0 aliphatic carbocycles. The Bertz CT molecular complexity index is 280. The van der Waals surface area contributed by atoms with Crippen molar-refractivity contribution in [3.8, 4) is 0 Å². The number of thiazole rings is 1. The summed E-state index contributed by atoms with van der Waals surface area (Å²) in [4.78, 5) is 15.4. The summed E-state index contributed by atoms with van der Waals surface area (Å²) < 4.78 is 0. The molecule has 1 aliphatic rings. The average Bonchev–Trinajstić information content (AvgIpc) is 2.74. The average molecular weight is 197 g/mol. The van der Waals surface area contributed by atoms with Gasteiger partial charge in [0, 0.05) is 18.0 Å². The molecule has 0 bridgehead atoms. The zero-order valence-corrected chi connectivity index (χ0v) is 7.93. The minimum Gasteiger partial charge on any atom is -0.347 e. The van der Waals surface area contributed by atoms with E-state index in [0.717, 1.165) is 19.5 Å². The van der Waals surface area contributed by atoms with Gasteiger partial charge in [0.05, 0.1) is 5.51 Å². The minimum absolute atomic E-state index is 0.0602. The van der Waals surface area contributed by atoms with Crippen LogP contribution in [0.2, 0.25) is 0 Å². The van der Waals surface area contributed by atoms with Crippen molar-refractivity contribution in [2.45, 2.75) is 12.5 Å². The van der Waals surface area contributed by atoms with E-state index in [9.17, 15) is 4.79 Å². The molecule has 1 fully saturated rings. The second-order valence-corrected chi connectivity index (χ2v) is 3.76. The van der Waals surface area contributed by atoms with Gasteiger partial charge >= 0.3 is 0 Å². The van der Waals surface area contributed by atoms with Gasteiger partial charge in [0.25, 0.3) is 5.91 Å². The van der Waals surface area contributed by atoms with Crippen LogP contribution in [0.3, 0.4) is 0 Å². The third kappa shape index (κ3) is 2.05. The lowest BCUT2D eigenvalue weighted by Crippen LogP contribution is -2.36. The number of carbonyl (C=O) groups is 1. The van der Waals surface area contributed by atoms with Crippen LogP contribution in [0.1, 0.15) is 16.9 Å². The molecular formula is C8H11N3OS. The molecule has 0 radical (unpaired) electrons. The van der Waals surface area contributed by atoms with E-state index >= 15 is 0 Å². The normalized spacial score (nSPS) is 21.7. The van der Waals surface area contributed by atoms with Gasteiger partial charge in [0.2, 0.25) is 0 Å². The van der Waals surface area contributed by atoms with Crippen LogP contribution in [-0.4, -0.2) is 30.0 Å². The fraction of sp³-hybridized carbons (Fsp3) is 0.500. The van der Waals surface area contributed by atoms with Crippen molar-refractivity contribution in [2.24, 2.45) is 0 Å². The lowest BCUT2D eigenvalue weighted by molar-refractivity contribution is 0.0936. The van der Waals surface area contributed by atoms with Crippen LogP contribution in [0.4, 0.5) is 0 Å². The second kappa shape index (κ2) is 3.85. The fourth-order valence-corrected chi connectivity index (χ4v) is 1.89. The van der Waals surface area contributed by atoms with Crippen LogP contribution >= 0.6 is 11.3 Å². The Morgan fingerprint density at radius 1 is 1.77 bits per heavy atom. The van der Waals surface area contributed by atoms with Crippen molar-refractivity contribution < 1.29 is 4.79 Å². The SMILES string of the molecule is O=C(N[C@H]1CCNC1)c1cscn1. The van der Waals surface area contributed by atoms with Crippen molar-refractivity contribution in [1.29, 1.82) is 0 Å². The summed E-state index contributed by atoms with van der Waals surface area (Å²) in [6.45, 7) is 1.86. The van der Waals surface area contributed by atoms with Gasteiger partial charge in [-0.15, -0.1) is 11.3 Å². The predicted molar refractivity (Wildman–Crippen MR) is 50.9 cm³/mol. The van der Waals surface area contributed by atoms with E-state index < -0.39 is 0 Å². The summed E-state index contributed by atoms with van der Waals surface area (Å²) in [5.74, 6) is -0.0602. The largest absolute Gasteiger partial charge is 0.347 e. The van der Waals surface area contributed by atoms with Crippen molar-refractivity contribution in [1.82, 2.24) is 15.6 Å². The highest BCUT2D eigenvalue weighted by atomic mass is 32.1. The number of amides is 1. The maximum atomic E-state index is 11.5. The Balaban J connectivity index is 1.91. The fourth-order valence-electron chi connectivity index (χ4n) is 1.36. The Labute approximate surface area is 80.4 Å². The first-order valence-corrected chi connectivity index (χ1v) is 5.20. The molecule has 1 atom stereocenters. The van der Waals surface area contributed by atoms with Crippen LogP contribution in [0.5, 0.6) is 0 Å². The molecule has 0 aromatic carbocycles. The van der Waals surface area contributed by atoms with Crippen LogP contribution in [-0.2, 0) is 0 Å². The van der Waals surface area contributed by atoms with Gasteiger partial charge in [-0.3, -0.25) is 4.79 Å². The highest BCUT2D eigenvalue weighted by Gasteiger charge is 2.17. The number of nitrogens with zero attached hydrogens (tertiary/aromatic N) is 1. The Kier molecular flexibility index (Phi) is 2.56. The van der Waals surface area contributed by atoms with E-state index in [1.807, 2.05) is 0 Å². The summed E-state index contributed by atoms with van der Waals surface area (Å²) in [7, 11) is 0. The molecule has 0 saturated carbocycles. The Morgan fingerprint density at radius 3 is 3.31 bits per heavy atom. The smallest absolute Gasteiger partial charge is 0.271 e. The monoisotopic (exact) mass is 197 g/mol. The van der Waals surface area contributed by atoms with E-state index in [0.29, 0.717) is 5.69 Å². The molecule has 13 heavy (non-hydrogen) atoms. The lowest BCUT2D eigenvalue weighted by Gasteiger charge is -2.08. The second-order valence-electron chi connectivity index (χ2n) is 3.04. The van der Waals surface area contributed by atoms with Gasteiger partial charge in [-0.1, -0.05) is 0 Å². The molecule has 70 valence electrons. The molecule has 2 heterocycles. The molecule has 4 nitrogen and oxygen atoms in total. The van der Waals surface area contributed by atoms with Gasteiger partial charge in [0.1, 0.15) is 5.69 Å². The van der Waals surface area contributed by atoms with Crippen molar-refractivity contribution in [3.63, 3.8) is 0 Å². The highest BCUT2D eigenvalue weighted by Crippen LogP contribution is 2.03. The topological polar surface area (TPSA) is 54.0 Å². The minimum atomic E-state index is -0.0602. The van der Waals surface area contributed by atoms with E-state index in [1.165, 1.54) is 11.3 Å². The quantitative estimate of drug-likeness (QED) is 0.714. The molecule has 5 heteroatoms. The molecule has 2 rings (SSSR count). The molecular weight excluding hydrogens is 186 g/mol. The van der Waals surface area contributed by atoms with Crippen molar-refractivity contribution >= 4 is 17.2 Å².